The SMILES string of the molecule is O=C1N/C(=N/Cn2nnc3ccccc32)C(c2ccc3nsnc3c2)N1c1ccc2[nH]cnc2c1. The zero-order chi connectivity index (χ0) is 23.4. The van der Waals surface area contributed by atoms with Crippen LogP contribution in [0.4, 0.5) is 10.5 Å². The van der Waals surface area contributed by atoms with Gasteiger partial charge in [-0.15, -0.1) is 5.10 Å². The molecule has 0 aliphatic carbocycles. The number of aromatic amines is 1. The van der Waals surface area contributed by atoms with Crippen LogP contribution in [0.25, 0.3) is 33.1 Å². The zero-order valence-corrected chi connectivity index (χ0v) is 18.8. The van der Waals surface area contributed by atoms with Crippen molar-refractivity contribution in [2.75, 3.05) is 4.90 Å². The molecule has 2 N–H and O–H groups in total. The lowest BCUT2D eigenvalue weighted by Gasteiger charge is -2.23. The van der Waals surface area contributed by atoms with Crippen LogP contribution in [-0.2, 0) is 6.67 Å². The summed E-state index contributed by atoms with van der Waals surface area (Å²) in [6.07, 6.45) is 1.63. The molecule has 7 rings (SSSR count). The molecule has 1 saturated heterocycles. The lowest BCUT2D eigenvalue weighted by atomic mass is 10.0. The van der Waals surface area contributed by atoms with E-state index in [-0.39, 0.29) is 12.7 Å². The first-order valence-electron chi connectivity index (χ1n) is 10.8. The van der Waals surface area contributed by atoms with Crippen LogP contribution < -0.4 is 10.2 Å². The summed E-state index contributed by atoms with van der Waals surface area (Å²) in [5.74, 6) is 0.513. The van der Waals surface area contributed by atoms with Crippen molar-refractivity contribution < 1.29 is 4.79 Å². The van der Waals surface area contributed by atoms with Crippen molar-refractivity contribution in [1.82, 2.24) is 39.0 Å². The predicted octanol–water partition coefficient (Wildman–Crippen LogP) is 3.64. The summed E-state index contributed by atoms with van der Waals surface area (Å²) in [5, 5.41) is 11.4. The number of amidine groups is 1. The number of imidazole rings is 1. The molecular weight excluding hydrogens is 464 g/mol. The number of anilines is 1. The molecule has 0 radical (unpaired) electrons. The Morgan fingerprint density at radius 2 is 1.89 bits per heavy atom. The van der Waals surface area contributed by atoms with Gasteiger partial charge in [-0.05, 0) is 48.0 Å². The van der Waals surface area contributed by atoms with Crippen LogP contribution >= 0.6 is 11.7 Å². The molecule has 1 aliphatic rings. The summed E-state index contributed by atoms with van der Waals surface area (Å²) < 4.78 is 10.4. The number of rotatable bonds is 4. The van der Waals surface area contributed by atoms with Crippen LogP contribution in [0.2, 0.25) is 0 Å². The quantitative estimate of drug-likeness (QED) is 0.396. The predicted molar refractivity (Wildman–Crippen MR) is 132 cm³/mol. The minimum absolute atomic E-state index is 0.208. The fraction of sp³-hybridized carbons (Fsp3) is 0.0870. The van der Waals surface area contributed by atoms with Gasteiger partial charge in [0.15, 0.2) is 0 Å². The second-order valence-corrected chi connectivity index (χ2v) is 8.61. The molecule has 2 amide bonds. The second-order valence-electron chi connectivity index (χ2n) is 8.08. The Labute approximate surface area is 201 Å². The van der Waals surface area contributed by atoms with Gasteiger partial charge in [-0.25, -0.2) is 19.5 Å². The number of benzene rings is 3. The number of nitrogens with zero attached hydrogens (tertiary/aromatic N) is 8. The number of para-hydroxylation sites is 1. The topological polar surface area (TPSA) is 130 Å². The molecule has 35 heavy (non-hydrogen) atoms. The number of urea groups is 1. The monoisotopic (exact) mass is 480 g/mol. The van der Waals surface area contributed by atoms with E-state index in [0.29, 0.717) is 11.5 Å². The largest absolute Gasteiger partial charge is 0.345 e. The van der Waals surface area contributed by atoms with E-state index >= 15 is 0 Å². The van der Waals surface area contributed by atoms with Crippen molar-refractivity contribution >= 4 is 62.4 Å². The maximum atomic E-state index is 13.3. The fourth-order valence-electron chi connectivity index (χ4n) is 4.38. The highest BCUT2D eigenvalue weighted by Crippen LogP contribution is 2.34. The Hall–Kier alpha value is -4.71. The van der Waals surface area contributed by atoms with Crippen LogP contribution in [0.5, 0.6) is 0 Å². The molecule has 1 aliphatic heterocycles. The summed E-state index contributed by atoms with van der Waals surface area (Å²) in [6.45, 7) is 0.208. The van der Waals surface area contributed by atoms with Crippen molar-refractivity contribution in [2.24, 2.45) is 4.99 Å². The van der Waals surface area contributed by atoms with Gasteiger partial charge in [-0.2, -0.15) is 8.75 Å². The fourth-order valence-corrected chi connectivity index (χ4v) is 4.90. The number of carbonyl (C=O) groups is 1. The van der Waals surface area contributed by atoms with Crippen LogP contribution in [0.15, 0.2) is 72.0 Å². The Morgan fingerprint density at radius 3 is 2.86 bits per heavy atom. The van der Waals surface area contributed by atoms with E-state index in [9.17, 15) is 4.79 Å². The highest BCUT2D eigenvalue weighted by Gasteiger charge is 2.39. The van der Waals surface area contributed by atoms with E-state index < -0.39 is 6.04 Å². The molecular formula is C23H16N10OS. The summed E-state index contributed by atoms with van der Waals surface area (Å²) in [6, 6.07) is 18.4. The van der Waals surface area contributed by atoms with E-state index in [2.05, 4.69) is 34.3 Å². The van der Waals surface area contributed by atoms with Gasteiger partial charge in [0.25, 0.3) is 0 Å². The number of carbonyl (C=O) groups excluding carboxylic acids is 1. The third-order valence-corrected chi connectivity index (χ3v) is 6.60. The van der Waals surface area contributed by atoms with E-state index in [4.69, 9.17) is 4.99 Å². The third kappa shape index (κ3) is 3.22. The highest BCUT2D eigenvalue weighted by molar-refractivity contribution is 7.00. The van der Waals surface area contributed by atoms with Crippen LogP contribution in [-0.4, -0.2) is 45.6 Å². The number of hydrogen-bond acceptors (Lipinski definition) is 8. The number of aromatic nitrogens is 7. The van der Waals surface area contributed by atoms with Gasteiger partial charge in [-0.3, -0.25) is 10.2 Å². The number of hydrogen-bond donors (Lipinski definition) is 2. The minimum atomic E-state index is -0.486. The van der Waals surface area contributed by atoms with Crippen LogP contribution in [0, 0.1) is 0 Å². The van der Waals surface area contributed by atoms with E-state index in [1.165, 1.54) is 0 Å². The van der Waals surface area contributed by atoms with Gasteiger partial charge in [0, 0.05) is 5.69 Å². The molecule has 0 spiro atoms. The smallest absolute Gasteiger partial charge is 0.328 e. The molecule has 170 valence electrons. The molecule has 4 heterocycles. The van der Waals surface area contributed by atoms with Crippen molar-refractivity contribution in [3.8, 4) is 0 Å². The van der Waals surface area contributed by atoms with Crippen molar-refractivity contribution in [3.05, 3.63) is 72.6 Å². The van der Waals surface area contributed by atoms with Gasteiger partial charge in [-0.1, -0.05) is 23.4 Å². The first-order chi connectivity index (χ1) is 17.2. The summed E-state index contributed by atoms with van der Waals surface area (Å²) in [4.78, 5) is 27.2. The normalized spacial score (nSPS) is 17.3. The van der Waals surface area contributed by atoms with Gasteiger partial charge in [0.2, 0.25) is 0 Å². The summed E-state index contributed by atoms with van der Waals surface area (Å²) >= 11 is 1.16. The Morgan fingerprint density at radius 1 is 0.971 bits per heavy atom. The highest BCUT2D eigenvalue weighted by atomic mass is 32.1. The average Bonchev–Trinajstić information content (AvgIpc) is 3.67. The molecule has 1 fully saturated rings. The van der Waals surface area contributed by atoms with Crippen LogP contribution in [0.1, 0.15) is 11.6 Å². The molecule has 3 aromatic carbocycles. The van der Waals surface area contributed by atoms with Gasteiger partial charge < -0.3 is 4.98 Å². The van der Waals surface area contributed by atoms with E-state index in [1.54, 1.807) is 15.9 Å². The Bertz CT molecular complexity index is 1770. The summed E-state index contributed by atoms with van der Waals surface area (Å²) in [7, 11) is 0. The molecule has 6 aromatic rings. The van der Waals surface area contributed by atoms with Gasteiger partial charge >= 0.3 is 6.03 Å². The molecule has 0 saturated carbocycles. The first-order valence-corrected chi connectivity index (χ1v) is 11.6. The summed E-state index contributed by atoms with van der Waals surface area (Å²) in [5.41, 5.74) is 6.49. The number of aliphatic imine (C=N–C) groups is 1. The molecule has 3 aromatic heterocycles. The number of H-pyrrole nitrogens is 1. The third-order valence-electron chi connectivity index (χ3n) is 6.04. The van der Waals surface area contributed by atoms with Gasteiger partial charge in [0.1, 0.15) is 35.1 Å². The van der Waals surface area contributed by atoms with E-state index in [0.717, 1.165) is 50.4 Å². The Balaban J connectivity index is 1.34. The molecule has 1 atom stereocenters. The van der Waals surface area contributed by atoms with Crippen molar-refractivity contribution in [1.29, 1.82) is 0 Å². The lowest BCUT2D eigenvalue weighted by Crippen LogP contribution is -2.29. The number of nitrogens with one attached hydrogen (secondary N) is 2. The number of fused-ring (bicyclic) bond motifs is 3. The van der Waals surface area contributed by atoms with E-state index in [1.807, 2.05) is 60.7 Å². The van der Waals surface area contributed by atoms with Crippen LogP contribution in [0.3, 0.4) is 0 Å². The zero-order valence-electron chi connectivity index (χ0n) is 18.0. The first kappa shape index (κ1) is 19.7. The second kappa shape index (κ2) is 7.67. The molecule has 11 nitrogen and oxygen atoms in total. The average molecular weight is 481 g/mol. The van der Waals surface area contributed by atoms with Gasteiger partial charge in [0.05, 0.1) is 34.6 Å². The lowest BCUT2D eigenvalue weighted by molar-refractivity contribution is 0.252. The molecule has 1 unspecified atom stereocenters. The number of amides is 2. The molecule has 0 bridgehead atoms. The van der Waals surface area contributed by atoms with Crippen molar-refractivity contribution in [3.63, 3.8) is 0 Å². The maximum absolute atomic E-state index is 13.3. The minimum Gasteiger partial charge on any atom is -0.345 e. The standard InChI is InChI=1S/C23H16N10OS/c34-23-27-22(26-12-32-20-4-2-1-3-17(20)28-31-32)21(13-5-7-16-19(9-13)30-35-29-16)33(23)14-6-8-15-18(10-14)25-11-24-15/h1-11,21H,12H2,(H,24,25)(H,26,27,34). The molecule has 12 heteroatoms. The maximum Gasteiger partial charge on any atom is 0.328 e. The Kier molecular flexibility index (Phi) is 4.32. The van der Waals surface area contributed by atoms with Crippen molar-refractivity contribution in [2.45, 2.75) is 12.7 Å².